The second kappa shape index (κ2) is 7.29. The van der Waals surface area contributed by atoms with Crippen molar-refractivity contribution in [3.63, 3.8) is 0 Å². The number of furan rings is 1. The van der Waals surface area contributed by atoms with Gasteiger partial charge < -0.3 is 24.3 Å². The van der Waals surface area contributed by atoms with E-state index in [0.717, 1.165) is 30.3 Å². The predicted octanol–water partition coefficient (Wildman–Crippen LogP) is 2.63. The average molecular weight is 329 g/mol. The van der Waals surface area contributed by atoms with E-state index < -0.39 is 0 Å². The second-order valence-electron chi connectivity index (χ2n) is 5.89. The zero-order chi connectivity index (χ0) is 16.9. The van der Waals surface area contributed by atoms with E-state index in [4.69, 9.17) is 9.15 Å². The van der Waals surface area contributed by atoms with Gasteiger partial charge in [-0.3, -0.25) is 0 Å². The third-order valence-electron chi connectivity index (χ3n) is 4.24. The van der Waals surface area contributed by atoms with E-state index in [2.05, 4.69) is 23.2 Å². The first-order valence-electron chi connectivity index (χ1n) is 8.12. The number of aryl methyl sites for hydroxylation is 1. The van der Waals surface area contributed by atoms with Gasteiger partial charge in [0.1, 0.15) is 11.5 Å². The third kappa shape index (κ3) is 3.64. The number of benzene rings is 1. The lowest BCUT2D eigenvalue weighted by atomic mass is 10.1. The summed E-state index contributed by atoms with van der Waals surface area (Å²) in [5.74, 6) is 1.63. The van der Waals surface area contributed by atoms with Gasteiger partial charge in [-0.05, 0) is 36.8 Å². The van der Waals surface area contributed by atoms with Crippen molar-refractivity contribution < 1.29 is 13.9 Å². The standard InChI is InChI=1S/C18H23N3O3/c1-14-5-6-17(23-2)16(12-14)20-7-9-21(10-8-20)18(22)19-13-15-4-3-11-24-15/h3-6,11-12H,7-10,13H2,1-2H3,(H,19,22). The molecule has 0 atom stereocenters. The van der Waals surface area contributed by atoms with Crippen molar-refractivity contribution in [3.8, 4) is 5.75 Å². The summed E-state index contributed by atoms with van der Waals surface area (Å²) in [4.78, 5) is 16.3. The zero-order valence-electron chi connectivity index (χ0n) is 14.1. The van der Waals surface area contributed by atoms with Gasteiger partial charge in [0.05, 0.1) is 25.6 Å². The Labute approximate surface area is 142 Å². The maximum atomic E-state index is 12.2. The molecule has 24 heavy (non-hydrogen) atoms. The molecule has 1 aromatic heterocycles. The van der Waals surface area contributed by atoms with Crippen LogP contribution in [0.4, 0.5) is 10.5 Å². The van der Waals surface area contributed by atoms with Gasteiger partial charge in [-0.1, -0.05) is 6.07 Å². The molecule has 1 saturated heterocycles. The molecule has 2 heterocycles. The van der Waals surface area contributed by atoms with E-state index >= 15 is 0 Å². The van der Waals surface area contributed by atoms with Gasteiger partial charge in [0.25, 0.3) is 0 Å². The summed E-state index contributed by atoms with van der Waals surface area (Å²) in [6.45, 7) is 5.42. The Morgan fingerprint density at radius 2 is 2.04 bits per heavy atom. The highest BCUT2D eigenvalue weighted by molar-refractivity contribution is 5.74. The van der Waals surface area contributed by atoms with Crippen LogP contribution in [0.1, 0.15) is 11.3 Å². The second-order valence-corrected chi connectivity index (χ2v) is 5.89. The minimum atomic E-state index is -0.0535. The van der Waals surface area contributed by atoms with Crippen LogP contribution < -0.4 is 15.0 Å². The fourth-order valence-corrected chi connectivity index (χ4v) is 2.89. The lowest BCUT2D eigenvalue weighted by Gasteiger charge is -2.36. The van der Waals surface area contributed by atoms with Crippen LogP contribution in [0.2, 0.25) is 0 Å². The molecule has 6 heteroatoms. The Bertz CT molecular complexity index is 677. The summed E-state index contributed by atoms with van der Waals surface area (Å²) >= 11 is 0. The van der Waals surface area contributed by atoms with E-state index in [-0.39, 0.29) is 6.03 Å². The van der Waals surface area contributed by atoms with E-state index in [9.17, 15) is 4.79 Å². The fraction of sp³-hybridized carbons (Fsp3) is 0.389. The number of ether oxygens (including phenoxy) is 1. The number of methoxy groups -OCH3 is 1. The molecule has 0 saturated carbocycles. The summed E-state index contributed by atoms with van der Waals surface area (Å²) < 4.78 is 10.7. The quantitative estimate of drug-likeness (QED) is 0.937. The molecule has 0 unspecified atom stereocenters. The smallest absolute Gasteiger partial charge is 0.317 e. The van der Waals surface area contributed by atoms with E-state index in [1.165, 1.54) is 5.56 Å². The first kappa shape index (κ1) is 16.2. The molecule has 128 valence electrons. The Kier molecular flexibility index (Phi) is 4.93. The van der Waals surface area contributed by atoms with Crippen molar-refractivity contribution >= 4 is 11.7 Å². The number of anilines is 1. The number of urea groups is 1. The molecular formula is C18H23N3O3. The Balaban J connectivity index is 1.55. The molecule has 2 amide bonds. The summed E-state index contributed by atoms with van der Waals surface area (Å²) in [5, 5.41) is 2.89. The molecule has 3 rings (SSSR count). The summed E-state index contributed by atoms with van der Waals surface area (Å²) in [6.07, 6.45) is 1.61. The normalized spacial score (nSPS) is 14.6. The fourth-order valence-electron chi connectivity index (χ4n) is 2.89. The van der Waals surface area contributed by atoms with Crippen molar-refractivity contribution in [3.05, 3.63) is 47.9 Å². The number of hydrogen-bond donors (Lipinski definition) is 1. The van der Waals surface area contributed by atoms with Crippen LogP contribution in [0.3, 0.4) is 0 Å². The highest BCUT2D eigenvalue weighted by Crippen LogP contribution is 2.29. The SMILES string of the molecule is COc1ccc(C)cc1N1CCN(C(=O)NCc2ccco2)CC1. The van der Waals surface area contributed by atoms with Gasteiger partial charge in [-0.25, -0.2) is 4.79 Å². The number of nitrogens with one attached hydrogen (secondary N) is 1. The molecule has 6 nitrogen and oxygen atoms in total. The molecule has 0 radical (unpaired) electrons. The number of nitrogens with zero attached hydrogens (tertiary/aromatic N) is 2. The highest BCUT2D eigenvalue weighted by Gasteiger charge is 2.23. The molecule has 0 aliphatic carbocycles. The van der Waals surface area contributed by atoms with Crippen LogP contribution in [0.15, 0.2) is 41.0 Å². The monoisotopic (exact) mass is 329 g/mol. The van der Waals surface area contributed by atoms with Crippen molar-refractivity contribution in [1.82, 2.24) is 10.2 Å². The first-order valence-corrected chi connectivity index (χ1v) is 8.12. The molecule has 2 aromatic rings. The van der Waals surface area contributed by atoms with Crippen LogP contribution in [-0.4, -0.2) is 44.2 Å². The minimum absolute atomic E-state index is 0.0535. The topological polar surface area (TPSA) is 58.0 Å². The molecule has 1 fully saturated rings. The van der Waals surface area contributed by atoms with Crippen LogP contribution in [-0.2, 0) is 6.54 Å². The zero-order valence-corrected chi connectivity index (χ0v) is 14.1. The van der Waals surface area contributed by atoms with Crippen molar-refractivity contribution in [1.29, 1.82) is 0 Å². The maximum absolute atomic E-state index is 12.2. The first-order chi connectivity index (χ1) is 11.7. The van der Waals surface area contributed by atoms with Crippen molar-refractivity contribution in [2.45, 2.75) is 13.5 Å². The van der Waals surface area contributed by atoms with Gasteiger partial charge in [-0.15, -0.1) is 0 Å². The largest absolute Gasteiger partial charge is 0.495 e. The number of piperazine rings is 1. The number of carbonyl (C=O) groups excluding carboxylic acids is 1. The highest BCUT2D eigenvalue weighted by atomic mass is 16.5. The van der Waals surface area contributed by atoms with Crippen LogP contribution in [0.5, 0.6) is 5.75 Å². The van der Waals surface area contributed by atoms with Crippen molar-refractivity contribution in [2.75, 3.05) is 38.2 Å². The number of carbonyl (C=O) groups is 1. The van der Waals surface area contributed by atoms with Crippen LogP contribution in [0.25, 0.3) is 0 Å². The Morgan fingerprint density at radius 1 is 1.25 bits per heavy atom. The summed E-state index contributed by atoms with van der Waals surface area (Å²) in [7, 11) is 1.69. The Hall–Kier alpha value is -2.63. The number of rotatable bonds is 4. The van der Waals surface area contributed by atoms with Gasteiger partial charge in [0.15, 0.2) is 0 Å². The molecule has 1 N–H and O–H groups in total. The van der Waals surface area contributed by atoms with E-state index in [1.54, 1.807) is 13.4 Å². The molecule has 0 bridgehead atoms. The molecular weight excluding hydrogens is 306 g/mol. The third-order valence-corrected chi connectivity index (χ3v) is 4.24. The minimum Gasteiger partial charge on any atom is -0.495 e. The van der Waals surface area contributed by atoms with Gasteiger partial charge >= 0.3 is 6.03 Å². The van der Waals surface area contributed by atoms with E-state index in [0.29, 0.717) is 19.6 Å². The summed E-state index contributed by atoms with van der Waals surface area (Å²) in [6, 6.07) is 9.78. The number of hydrogen-bond acceptors (Lipinski definition) is 4. The van der Waals surface area contributed by atoms with Crippen LogP contribution >= 0.6 is 0 Å². The lowest BCUT2D eigenvalue weighted by Crippen LogP contribution is -2.51. The Morgan fingerprint density at radius 3 is 2.71 bits per heavy atom. The maximum Gasteiger partial charge on any atom is 0.317 e. The average Bonchev–Trinajstić information content (AvgIpc) is 3.13. The summed E-state index contributed by atoms with van der Waals surface area (Å²) in [5.41, 5.74) is 2.29. The van der Waals surface area contributed by atoms with Gasteiger partial charge in [-0.2, -0.15) is 0 Å². The molecule has 1 aliphatic rings. The van der Waals surface area contributed by atoms with Crippen LogP contribution in [0, 0.1) is 6.92 Å². The van der Waals surface area contributed by atoms with Gasteiger partial charge in [0.2, 0.25) is 0 Å². The number of amides is 2. The van der Waals surface area contributed by atoms with E-state index in [1.807, 2.05) is 29.2 Å². The van der Waals surface area contributed by atoms with Gasteiger partial charge in [0, 0.05) is 26.2 Å². The molecule has 1 aromatic carbocycles. The molecule has 1 aliphatic heterocycles. The molecule has 0 spiro atoms. The lowest BCUT2D eigenvalue weighted by molar-refractivity contribution is 0.193. The van der Waals surface area contributed by atoms with Crippen molar-refractivity contribution in [2.24, 2.45) is 0 Å². The predicted molar refractivity (Wildman–Crippen MR) is 92.5 cm³/mol.